The van der Waals surface area contributed by atoms with E-state index in [1.807, 2.05) is 18.2 Å². The minimum atomic E-state index is -1.17. The van der Waals surface area contributed by atoms with E-state index in [4.69, 9.17) is 9.47 Å². The first-order valence-corrected chi connectivity index (χ1v) is 8.02. The topological polar surface area (TPSA) is 67.8 Å². The number of aliphatic hydroxyl groups is 1. The Kier molecular flexibility index (Phi) is 4.83. The van der Waals surface area contributed by atoms with Crippen molar-refractivity contribution in [1.82, 2.24) is 5.32 Å². The van der Waals surface area contributed by atoms with E-state index < -0.39 is 12.0 Å². The Hall–Kier alpha value is -2.05. The van der Waals surface area contributed by atoms with Crippen LogP contribution in [0.4, 0.5) is 0 Å². The number of aliphatic hydroxyl groups excluding tert-OH is 1. The van der Waals surface area contributed by atoms with Crippen molar-refractivity contribution in [2.24, 2.45) is 0 Å². The zero-order valence-corrected chi connectivity index (χ0v) is 13.9. The van der Waals surface area contributed by atoms with Crippen LogP contribution in [0, 0.1) is 0 Å². The minimum Gasteiger partial charge on any atom is -0.454 e. The molecule has 0 saturated heterocycles. The van der Waals surface area contributed by atoms with Gasteiger partial charge in [0.1, 0.15) is 0 Å². The number of rotatable bonds is 5. The van der Waals surface area contributed by atoms with Gasteiger partial charge in [-0.2, -0.15) is 0 Å². The lowest BCUT2D eigenvalue weighted by Crippen LogP contribution is -2.30. The number of hydrogen-bond acceptors (Lipinski definition) is 4. The molecule has 2 N–H and O–H groups in total. The molecule has 1 aliphatic heterocycles. The van der Waals surface area contributed by atoms with Crippen LogP contribution < -0.4 is 14.8 Å². The number of benzene rings is 2. The molecule has 0 radical (unpaired) electrons. The first-order valence-electron chi connectivity index (χ1n) is 7.23. The van der Waals surface area contributed by atoms with Crippen LogP contribution in [-0.2, 0) is 11.2 Å². The molecule has 1 unspecified atom stereocenters. The zero-order chi connectivity index (χ0) is 16.2. The Morgan fingerprint density at radius 2 is 1.91 bits per heavy atom. The molecule has 23 heavy (non-hydrogen) atoms. The summed E-state index contributed by atoms with van der Waals surface area (Å²) in [5, 5.41) is 12.8. The molecule has 3 rings (SSSR count). The van der Waals surface area contributed by atoms with E-state index in [0.29, 0.717) is 18.5 Å². The number of halogens is 1. The molecule has 120 valence electrons. The zero-order valence-electron chi connectivity index (χ0n) is 12.3. The van der Waals surface area contributed by atoms with Gasteiger partial charge in [0, 0.05) is 11.0 Å². The highest BCUT2D eigenvalue weighted by atomic mass is 79.9. The molecule has 2 aromatic rings. The molecule has 0 aromatic heterocycles. The highest BCUT2D eigenvalue weighted by Crippen LogP contribution is 2.32. The third-order valence-corrected chi connectivity index (χ3v) is 4.11. The molecule has 0 fully saturated rings. The first kappa shape index (κ1) is 15.8. The van der Waals surface area contributed by atoms with E-state index in [-0.39, 0.29) is 6.79 Å². The number of ether oxygens (including phenoxy) is 2. The van der Waals surface area contributed by atoms with Crippen LogP contribution in [0.2, 0.25) is 0 Å². The number of hydrogen-bond donors (Lipinski definition) is 2. The average Bonchev–Trinajstić information content (AvgIpc) is 3.02. The number of fused-ring (bicyclic) bond motifs is 1. The van der Waals surface area contributed by atoms with Gasteiger partial charge >= 0.3 is 0 Å². The molecule has 1 aliphatic rings. The summed E-state index contributed by atoms with van der Waals surface area (Å²) in [6, 6.07) is 12.7. The fourth-order valence-electron chi connectivity index (χ4n) is 2.32. The molecular weight excluding hydrogens is 362 g/mol. The fourth-order valence-corrected chi connectivity index (χ4v) is 2.58. The van der Waals surface area contributed by atoms with Crippen LogP contribution >= 0.6 is 15.9 Å². The van der Waals surface area contributed by atoms with Gasteiger partial charge in [0.15, 0.2) is 17.6 Å². The second-order valence-corrected chi connectivity index (χ2v) is 6.10. The molecule has 5 nitrogen and oxygen atoms in total. The SMILES string of the molecule is O=C(NCCc1ccc2c(c1)OCO2)C(O)c1ccc(Br)cc1. The van der Waals surface area contributed by atoms with Crippen molar-refractivity contribution in [3.8, 4) is 11.5 Å². The second-order valence-electron chi connectivity index (χ2n) is 5.18. The van der Waals surface area contributed by atoms with Gasteiger partial charge in [0.25, 0.3) is 5.91 Å². The van der Waals surface area contributed by atoms with Gasteiger partial charge in [-0.3, -0.25) is 4.79 Å². The van der Waals surface area contributed by atoms with Crippen molar-refractivity contribution in [2.45, 2.75) is 12.5 Å². The average molecular weight is 378 g/mol. The lowest BCUT2D eigenvalue weighted by molar-refractivity contribution is -0.129. The summed E-state index contributed by atoms with van der Waals surface area (Å²) in [5.41, 5.74) is 1.60. The molecule has 0 spiro atoms. The highest BCUT2D eigenvalue weighted by Gasteiger charge is 2.17. The molecule has 1 heterocycles. The van der Waals surface area contributed by atoms with Crippen molar-refractivity contribution in [3.63, 3.8) is 0 Å². The Labute approximate surface area is 142 Å². The summed E-state index contributed by atoms with van der Waals surface area (Å²) >= 11 is 3.32. The first-order chi connectivity index (χ1) is 11.1. The molecular formula is C17H16BrNO4. The minimum absolute atomic E-state index is 0.245. The summed E-state index contributed by atoms with van der Waals surface area (Å²) in [5.74, 6) is 1.06. The molecule has 0 saturated carbocycles. The Morgan fingerprint density at radius 3 is 2.70 bits per heavy atom. The largest absolute Gasteiger partial charge is 0.454 e. The molecule has 1 amide bonds. The van der Waals surface area contributed by atoms with E-state index in [0.717, 1.165) is 21.5 Å². The number of amides is 1. The van der Waals surface area contributed by atoms with Gasteiger partial charge in [-0.05, 0) is 41.8 Å². The van der Waals surface area contributed by atoms with Gasteiger partial charge < -0.3 is 19.9 Å². The maximum Gasteiger partial charge on any atom is 0.253 e. The predicted octanol–water partition coefficient (Wildman–Crippen LogP) is 2.57. The smallest absolute Gasteiger partial charge is 0.253 e. The molecule has 6 heteroatoms. The van der Waals surface area contributed by atoms with Crippen LogP contribution in [0.5, 0.6) is 11.5 Å². The van der Waals surface area contributed by atoms with Crippen LogP contribution in [0.15, 0.2) is 46.9 Å². The van der Waals surface area contributed by atoms with E-state index in [1.165, 1.54) is 0 Å². The van der Waals surface area contributed by atoms with Gasteiger partial charge in [0.2, 0.25) is 6.79 Å². The highest BCUT2D eigenvalue weighted by molar-refractivity contribution is 9.10. The lowest BCUT2D eigenvalue weighted by atomic mass is 10.1. The summed E-state index contributed by atoms with van der Waals surface area (Å²) in [4.78, 5) is 12.0. The van der Waals surface area contributed by atoms with Crippen molar-refractivity contribution >= 4 is 21.8 Å². The van der Waals surface area contributed by atoms with Crippen molar-refractivity contribution < 1.29 is 19.4 Å². The third kappa shape index (κ3) is 3.83. The standard InChI is InChI=1S/C17H16BrNO4/c18-13-4-2-12(3-5-13)16(20)17(21)19-8-7-11-1-6-14-15(9-11)23-10-22-14/h1-6,9,16,20H,7-8,10H2,(H,19,21). The number of nitrogens with one attached hydrogen (secondary N) is 1. The van der Waals surface area contributed by atoms with Crippen LogP contribution in [0.3, 0.4) is 0 Å². The lowest BCUT2D eigenvalue weighted by Gasteiger charge is -2.12. The molecule has 0 bridgehead atoms. The number of carbonyl (C=O) groups excluding carboxylic acids is 1. The maximum absolute atomic E-state index is 12.0. The third-order valence-electron chi connectivity index (χ3n) is 3.58. The van der Waals surface area contributed by atoms with E-state index in [1.54, 1.807) is 24.3 Å². The Balaban J connectivity index is 1.52. The van der Waals surface area contributed by atoms with E-state index >= 15 is 0 Å². The van der Waals surface area contributed by atoms with Crippen molar-refractivity contribution in [3.05, 3.63) is 58.1 Å². The Morgan fingerprint density at radius 1 is 1.17 bits per heavy atom. The maximum atomic E-state index is 12.0. The van der Waals surface area contributed by atoms with Gasteiger partial charge in [-0.1, -0.05) is 34.1 Å². The number of carbonyl (C=O) groups is 1. The van der Waals surface area contributed by atoms with Gasteiger partial charge in [-0.15, -0.1) is 0 Å². The molecule has 1 atom stereocenters. The van der Waals surface area contributed by atoms with Crippen LogP contribution in [0.25, 0.3) is 0 Å². The van der Waals surface area contributed by atoms with Crippen molar-refractivity contribution in [1.29, 1.82) is 0 Å². The summed E-state index contributed by atoms with van der Waals surface area (Å²) in [6.07, 6.45) is -0.519. The fraction of sp³-hybridized carbons (Fsp3) is 0.235. The van der Waals surface area contributed by atoms with Gasteiger partial charge in [0.05, 0.1) is 0 Å². The second kappa shape index (κ2) is 7.02. The summed E-state index contributed by atoms with van der Waals surface area (Å²) < 4.78 is 11.5. The van der Waals surface area contributed by atoms with E-state index in [9.17, 15) is 9.90 Å². The molecule has 0 aliphatic carbocycles. The van der Waals surface area contributed by atoms with Crippen molar-refractivity contribution in [2.75, 3.05) is 13.3 Å². The quantitative estimate of drug-likeness (QED) is 0.840. The van der Waals surface area contributed by atoms with Crippen LogP contribution in [0.1, 0.15) is 17.2 Å². The summed E-state index contributed by atoms with van der Waals surface area (Å²) in [7, 11) is 0. The van der Waals surface area contributed by atoms with Crippen LogP contribution in [-0.4, -0.2) is 24.4 Å². The molecule has 2 aromatic carbocycles. The Bertz CT molecular complexity index is 702. The monoisotopic (exact) mass is 377 g/mol. The van der Waals surface area contributed by atoms with Gasteiger partial charge in [-0.25, -0.2) is 0 Å². The normalized spacial score (nSPS) is 13.7. The van der Waals surface area contributed by atoms with E-state index in [2.05, 4.69) is 21.2 Å². The summed E-state index contributed by atoms with van der Waals surface area (Å²) in [6.45, 7) is 0.682. The predicted molar refractivity (Wildman–Crippen MR) is 88.4 cm³/mol.